The fourth-order valence-corrected chi connectivity index (χ4v) is 2.62. The summed E-state index contributed by atoms with van der Waals surface area (Å²) >= 11 is 1.64. The van der Waals surface area contributed by atoms with Gasteiger partial charge in [0.2, 0.25) is 11.7 Å². The zero-order valence-corrected chi connectivity index (χ0v) is 9.67. The minimum Gasteiger partial charge on any atom is -0.339 e. The first kappa shape index (κ1) is 9.99. The first-order valence-corrected chi connectivity index (χ1v) is 6.39. The molecule has 3 heterocycles. The molecule has 0 amide bonds. The van der Waals surface area contributed by atoms with Crippen LogP contribution in [0.25, 0.3) is 10.7 Å². The Morgan fingerprint density at radius 3 is 3.25 bits per heavy atom. The number of aromatic nitrogens is 2. The average molecular weight is 235 g/mol. The SMILES string of the molecule is c1csc(-c2noc([C@@H]3CCCNC3)n2)c1. The number of rotatable bonds is 2. The van der Waals surface area contributed by atoms with E-state index >= 15 is 0 Å². The minimum absolute atomic E-state index is 0.384. The fraction of sp³-hybridized carbons (Fsp3) is 0.455. The van der Waals surface area contributed by atoms with Crippen molar-refractivity contribution in [1.29, 1.82) is 0 Å². The number of nitrogens with one attached hydrogen (secondary N) is 1. The molecular weight excluding hydrogens is 222 g/mol. The van der Waals surface area contributed by atoms with E-state index in [2.05, 4.69) is 15.5 Å². The molecule has 1 aliphatic rings. The highest BCUT2D eigenvalue weighted by molar-refractivity contribution is 7.13. The van der Waals surface area contributed by atoms with Crippen molar-refractivity contribution in [3.8, 4) is 10.7 Å². The van der Waals surface area contributed by atoms with Crippen LogP contribution in [0.3, 0.4) is 0 Å². The molecule has 3 rings (SSSR count). The van der Waals surface area contributed by atoms with E-state index in [0.29, 0.717) is 5.92 Å². The van der Waals surface area contributed by atoms with Crippen LogP contribution in [-0.2, 0) is 0 Å². The van der Waals surface area contributed by atoms with Gasteiger partial charge < -0.3 is 9.84 Å². The zero-order valence-electron chi connectivity index (χ0n) is 8.85. The van der Waals surface area contributed by atoms with Gasteiger partial charge in [-0.05, 0) is 30.8 Å². The van der Waals surface area contributed by atoms with Crippen LogP contribution in [-0.4, -0.2) is 23.2 Å². The second-order valence-electron chi connectivity index (χ2n) is 3.98. The maximum Gasteiger partial charge on any atom is 0.231 e. The standard InChI is InChI=1S/C11H13N3OS/c1-3-8(7-12-5-1)11-13-10(14-15-11)9-4-2-6-16-9/h2,4,6,8,12H,1,3,5,7H2/t8-/m1/s1. The lowest BCUT2D eigenvalue weighted by atomic mass is 10.00. The molecular formula is C11H13N3OS. The van der Waals surface area contributed by atoms with Crippen molar-refractivity contribution in [3.63, 3.8) is 0 Å². The summed E-state index contributed by atoms with van der Waals surface area (Å²) in [6.45, 7) is 2.05. The Hall–Kier alpha value is -1.20. The molecule has 0 saturated carbocycles. The quantitative estimate of drug-likeness (QED) is 0.867. The first-order chi connectivity index (χ1) is 7.93. The summed E-state index contributed by atoms with van der Waals surface area (Å²) < 4.78 is 5.33. The summed E-state index contributed by atoms with van der Waals surface area (Å²) in [6.07, 6.45) is 2.32. The van der Waals surface area contributed by atoms with Crippen molar-refractivity contribution < 1.29 is 4.52 Å². The van der Waals surface area contributed by atoms with Crippen molar-refractivity contribution in [2.75, 3.05) is 13.1 Å². The monoisotopic (exact) mass is 235 g/mol. The second kappa shape index (κ2) is 4.35. The second-order valence-corrected chi connectivity index (χ2v) is 4.92. The maximum atomic E-state index is 5.33. The van der Waals surface area contributed by atoms with Crippen LogP contribution in [0.15, 0.2) is 22.0 Å². The number of thiophene rings is 1. The summed E-state index contributed by atoms with van der Waals surface area (Å²) in [5.74, 6) is 1.88. The smallest absolute Gasteiger partial charge is 0.231 e. The van der Waals surface area contributed by atoms with Crippen LogP contribution in [0.1, 0.15) is 24.7 Å². The highest BCUT2D eigenvalue weighted by atomic mass is 32.1. The van der Waals surface area contributed by atoms with E-state index in [1.165, 1.54) is 6.42 Å². The zero-order chi connectivity index (χ0) is 10.8. The van der Waals surface area contributed by atoms with Crippen molar-refractivity contribution in [3.05, 3.63) is 23.4 Å². The Kier molecular flexibility index (Phi) is 2.71. The van der Waals surface area contributed by atoms with Crippen molar-refractivity contribution in [1.82, 2.24) is 15.5 Å². The van der Waals surface area contributed by atoms with E-state index in [9.17, 15) is 0 Å². The Morgan fingerprint density at radius 1 is 1.50 bits per heavy atom. The van der Waals surface area contributed by atoms with Gasteiger partial charge in [-0.3, -0.25) is 0 Å². The number of piperidine rings is 1. The van der Waals surface area contributed by atoms with Crippen LogP contribution < -0.4 is 5.32 Å². The maximum absolute atomic E-state index is 5.33. The Bertz CT molecular complexity index is 446. The molecule has 1 fully saturated rings. The van der Waals surface area contributed by atoms with Gasteiger partial charge in [0.05, 0.1) is 10.8 Å². The lowest BCUT2D eigenvalue weighted by Gasteiger charge is -2.18. The van der Waals surface area contributed by atoms with Gasteiger partial charge in [-0.2, -0.15) is 4.98 Å². The van der Waals surface area contributed by atoms with Gasteiger partial charge in [0.15, 0.2) is 0 Å². The topological polar surface area (TPSA) is 51.0 Å². The molecule has 0 aliphatic carbocycles. The molecule has 0 spiro atoms. The van der Waals surface area contributed by atoms with Gasteiger partial charge in [-0.25, -0.2) is 0 Å². The predicted octanol–water partition coefficient (Wildman–Crippen LogP) is 2.27. The van der Waals surface area contributed by atoms with Crippen molar-refractivity contribution in [2.24, 2.45) is 0 Å². The number of hydrogen-bond acceptors (Lipinski definition) is 5. The average Bonchev–Trinajstić information content (AvgIpc) is 3.01. The highest BCUT2D eigenvalue weighted by Gasteiger charge is 2.21. The summed E-state index contributed by atoms with van der Waals surface area (Å²) in [5, 5.41) is 9.40. The van der Waals surface area contributed by atoms with E-state index < -0.39 is 0 Å². The lowest BCUT2D eigenvalue weighted by Crippen LogP contribution is -2.28. The Morgan fingerprint density at radius 2 is 2.50 bits per heavy atom. The minimum atomic E-state index is 0.384. The van der Waals surface area contributed by atoms with Gasteiger partial charge in [0, 0.05) is 6.54 Å². The normalized spacial score (nSPS) is 21.1. The Balaban J connectivity index is 1.82. The third-order valence-corrected chi connectivity index (χ3v) is 3.70. The molecule has 1 aliphatic heterocycles. The third kappa shape index (κ3) is 1.88. The molecule has 16 heavy (non-hydrogen) atoms. The third-order valence-electron chi connectivity index (χ3n) is 2.83. The summed E-state index contributed by atoms with van der Waals surface area (Å²) in [5.41, 5.74) is 0. The van der Waals surface area contributed by atoms with E-state index in [1.54, 1.807) is 11.3 Å². The van der Waals surface area contributed by atoms with Crippen LogP contribution in [0.5, 0.6) is 0 Å². The molecule has 0 radical (unpaired) electrons. The van der Waals surface area contributed by atoms with Crippen LogP contribution in [0.4, 0.5) is 0 Å². The fourth-order valence-electron chi connectivity index (χ4n) is 1.97. The molecule has 5 heteroatoms. The molecule has 1 atom stereocenters. The molecule has 0 aromatic carbocycles. The predicted molar refractivity (Wildman–Crippen MR) is 62.5 cm³/mol. The van der Waals surface area contributed by atoms with Crippen LogP contribution in [0, 0.1) is 0 Å². The molecule has 1 saturated heterocycles. The van der Waals surface area contributed by atoms with E-state index in [1.807, 2.05) is 17.5 Å². The van der Waals surface area contributed by atoms with Gasteiger partial charge in [-0.15, -0.1) is 11.3 Å². The van der Waals surface area contributed by atoms with Gasteiger partial charge >= 0.3 is 0 Å². The number of hydrogen-bond donors (Lipinski definition) is 1. The van der Waals surface area contributed by atoms with Gasteiger partial charge in [0.25, 0.3) is 0 Å². The van der Waals surface area contributed by atoms with Crippen molar-refractivity contribution in [2.45, 2.75) is 18.8 Å². The molecule has 84 valence electrons. The molecule has 2 aromatic heterocycles. The summed E-state index contributed by atoms with van der Waals surface area (Å²) in [7, 11) is 0. The Labute approximate surface area is 97.7 Å². The van der Waals surface area contributed by atoms with E-state index in [-0.39, 0.29) is 0 Å². The summed E-state index contributed by atoms with van der Waals surface area (Å²) in [4.78, 5) is 5.54. The van der Waals surface area contributed by atoms with E-state index in [4.69, 9.17) is 4.52 Å². The van der Waals surface area contributed by atoms with E-state index in [0.717, 1.165) is 36.1 Å². The van der Waals surface area contributed by atoms with Gasteiger partial charge in [0.1, 0.15) is 0 Å². The first-order valence-electron chi connectivity index (χ1n) is 5.51. The highest BCUT2D eigenvalue weighted by Crippen LogP contribution is 2.26. The number of nitrogens with zero attached hydrogens (tertiary/aromatic N) is 2. The van der Waals surface area contributed by atoms with Crippen LogP contribution in [0.2, 0.25) is 0 Å². The van der Waals surface area contributed by atoms with Crippen LogP contribution >= 0.6 is 11.3 Å². The molecule has 0 bridgehead atoms. The molecule has 4 nitrogen and oxygen atoms in total. The molecule has 0 unspecified atom stereocenters. The molecule has 1 N–H and O–H groups in total. The lowest BCUT2D eigenvalue weighted by molar-refractivity contribution is 0.322. The molecule has 2 aromatic rings. The largest absolute Gasteiger partial charge is 0.339 e. The summed E-state index contributed by atoms with van der Waals surface area (Å²) in [6, 6.07) is 4.01. The van der Waals surface area contributed by atoms with Crippen molar-refractivity contribution >= 4 is 11.3 Å². The van der Waals surface area contributed by atoms with Gasteiger partial charge in [-0.1, -0.05) is 11.2 Å².